The van der Waals surface area contributed by atoms with Gasteiger partial charge in [0.2, 0.25) is 0 Å². The molecule has 17 heavy (non-hydrogen) atoms. The number of nitrogens with zero attached hydrogens (tertiary/aromatic N) is 1. The zero-order chi connectivity index (χ0) is 13.1. The Balaban J connectivity index is 2.71. The van der Waals surface area contributed by atoms with Crippen LogP contribution in [-0.2, 0) is 10.2 Å². The number of rotatable bonds is 4. The lowest BCUT2D eigenvalue weighted by molar-refractivity contribution is -0.121. The lowest BCUT2D eigenvalue weighted by Crippen LogP contribution is -2.37. The highest BCUT2D eigenvalue weighted by molar-refractivity contribution is 7.90. The topological polar surface area (TPSA) is 71.1 Å². The first-order valence-corrected chi connectivity index (χ1v) is 6.00. The van der Waals surface area contributed by atoms with E-state index in [0.717, 1.165) is 0 Å². The van der Waals surface area contributed by atoms with E-state index in [2.05, 4.69) is 4.98 Å². The molecule has 1 rings (SSSR count). The van der Waals surface area contributed by atoms with Crippen molar-refractivity contribution in [3.63, 3.8) is 0 Å². The summed E-state index contributed by atoms with van der Waals surface area (Å²) in [6.07, 6.45) is -3.39. The van der Waals surface area contributed by atoms with Gasteiger partial charge in [-0.25, -0.2) is 4.98 Å². The number of anilines is 1. The molecule has 1 aromatic heterocycles. The third-order valence-electron chi connectivity index (χ3n) is 1.45. The molecule has 0 aliphatic carbocycles. The van der Waals surface area contributed by atoms with Crippen molar-refractivity contribution in [1.29, 1.82) is 0 Å². The lowest BCUT2D eigenvalue weighted by atomic mass is 10.5. The Hall–Kier alpha value is -1.06. The monoisotopic (exact) mass is 289 g/mol. The van der Waals surface area contributed by atoms with Crippen molar-refractivity contribution in [3.05, 3.63) is 23.4 Å². The van der Waals surface area contributed by atoms with Crippen LogP contribution in [0, 0.1) is 0 Å². The standard InChI is InChI=1S/C7H7ClF3N3O2S/c8-5-2-1-3-12-6(5)14-17(15,16)13-4-7(9,10)11/h1-3,13H,4H2,(H,12,14). The van der Waals surface area contributed by atoms with Crippen LogP contribution in [0.5, 0.6) is 0 Å². The fourth-order valence-corrected chi connectivity index (χ4v) is 1.87. The summed E-state index contributed by atoms with van der Waals surface area (Å²) in [7, 11) is -4.36. The molecule has 5 nitrogen and oxygen atoms in total. The Labute approximate surface area is 100 Å². The number of pyridine rings is 1. The Kier molecular flexibility index (Phi) is 4.17. The van der Waals surface area contributed by atoms with Crippen LogP contribution >= 0.6 is 11.6 Å². The largest absolute Gasteiger partial charge is 0.402 e. The van der Waals surface area contributed by atoms with E-state index < -0.39 is 22.9 Å². The molecule has 0 radical (unpaired) electrons. The molecule has 1 aromatic rings. The number of hydrogen-bond donors (Lipinski definition) is 2. The number of hydrogen-bond acceptors (Lipinski definition) is 3. The highest BCUT2D eigenvalue weighted by Gasteiger charge is 2.29. The summed E-state index contributed by atoms with van der Waals surface area (Å²) in [6, 6.07) is 2.79. The molecule has 0 saturated carbocycles. The van der Waals surface area contributed by atoms with Crippen LogP contribution in [0.4, 0.5) is 19.0 Å². The van der Waals surface area contributed by atoms with Gasteiger partial charge in [-0.3, -0.25) is 4.72 Å². The predicted octanol–water partition coefficient (Wildman–Crippen LogP) is 1.54. The van der Waals surface area contributed by atoms with Crippen molar-refractivity contribution in [1.82, 2.24) is 9.71 Å². The molecule has 10 heteroatoms. The minimum atomic E-state index is -4.64. The van der Waals surface area contributed by atoms with Crippen molar-refractivity contribution in [2.45, 2.75) is 6.18 Å². The molecule has 1 heterocycles. The van der Waals surface area contributed by atoms with Crippen molar-refractivity contribution in [3.8, 4) is 0 Å². The normalized spacial score (nSPS) is 12.5. The highest BCUT2D eigenvalue weighted by Crippen LogP contribution is 2.18. The molecule has 0 saturated heterocycles. The SMILES string of the molecule is O=S(=O)(NCC(F)(F)F)Nc1ncccc1Cl. The number of nitrogens with one attached hydrogen (secondary N) is 2. The van der Waals surface area contributed by atoms with Crippen molar-refractivity contribution in [2.75, 3.05) is 11.3 Å². The Morgan fingerprint density at radius 2 is 2.06 bits per heavy atom. The number of aromatic nitrogens is 1. The molecule has 0 bridgehead atoms. The predicted molar refractivity (Wildman–Crippen MR) is 55.8 cm³/mol. The first-order valence-electron chi connectivity index (χ1n) is 4.14. The quantitative estimate of drug-likeness (QED) is 0.883. The van der Waals surface area contributed by atoms with Gasteiger partial charge < -0.3 is 0 Å². The van der Waals surface area contributed by atoms with Crippen molar-refractivity contribution in [2.24, 2.45) is 0 Å². The van der Waals surface area contributed by atoms with Gasteiger partial charge in [0.25, 0.3) is 0 Å². The molecular weight excluding hydrogens is 283 g/mol. The molecule has 0 fully saturated rings. The third-order valence-corrected chi connectivity index (χ3v) is 2.74. The van der Waals surface area contributed by atoms with Crippen molar-refractivity contribution < 1.29 is 21.6 Å². The van der Waals surface area contributed by atoms with E-state index in [-0.39, 0.29) is 10.8 Å². The maximum absolute atomic E-state index is 11.8. The molecular formula is C7H7ClF3N3O2S. The van der Waals surface area contributed by atoms with Gasteiger partial charge in [0.05, 0.1) is 5.02 Å². The summed E-state index contributed by atoms with van der Waals surface area (Å²) in [5.41, 5.74) is 0. The third kappa shape index (κ3) is 5.20. The summed E-state index contributed by atoms with van der Waals surface area (Å²) in [5, 5.41) is -0.0233. The average molecular weight is 290 g/mol. The van der Waals surface area contributed by atoms with Crippen LogP contribution in [-0.4, -0.2) is 26.1 Å². The van der Waals surface area contributed by atoms with E-state index in [9.17, 15) is 21.6 Å². The van der Waals surface area contributed by atoms with Gasteiger partial charge >= 0.3 is 16.4 Å². The smallest absolute Gasteiger partial charge is 0.253 e. The van der Waals surface area contributed by atoms with Gasteiger partial charge in [0.1, 0.15) is 6.54 Å². The van der Waals surface area contributed by atoms with Crippen LogP contribution in [0.2, 0.25) is 5.02 Å². The van der Waals surface area contributed by atoms with Gasteiger partial charge in [-0.05, 0) is 12.1 Å². The van der Waals surface area contributed by atoms with E-state index in [1.165, 1.54) is 23.1 Å². The van der Waals surface area contributed by atoms with Gasteiger partial charge in [-0.15, -0.1) is 0 Å². The van der Waals surface area contributed by atoms with E-state index in [1.54, 1.807) is 4.72 Å². The Morgan fingerprint density at radius 1 is 1.41 bits per heavy atom. The maximum Gasteiger partial charge on any atom is 0.402 e. The second-order valence-electron chi connectivity index (χ2n) is 2.88. The first kappa shape index (κ1) is 14.0. The van der Waals surface area contributed by atoms with Crippen LogP contribution in [0.3, 0.4) is 0 Å². The highest BCUT2D eigenvalue weighted by atomic mass is 35.5. The molecule has 0 spiro atoms. The second kappa shape index (κ2) is 5.07. The minimum absolute atomic E-state index is 0.0233. The van der Waals surface area contributed by atoms with Crippen molar-refractivity contribution >= 4 is 27.6 Å². The van der Waals surface area contributed by atoms with E-state index >= 15 is 0 Å². The van der Waals surface area contributed by atoms with E-state index in [4.69, 9.17) is 11.6 Å². The summed E-state index contributed by atoms with van der Waals surface area (Å²) in [5.74, 6) is -0.246. The fourth-order valence-electron chi connectivity index (χ4n) is 0.801. The second-order valence-corrected chi connectivity index (χ2v) is 4.78. The molecule has 0 atom stereocenters. The number of halogens is 4. The summed E-state index contributed by atoms with van der Waals surface area (Å²) >= 11 is 5.58. The van der Waals surface area contributed by atoms with Gasteiger partial charge in [0, 0.05) is 6.20 Å². The average Bonchev–Trinajstić information content (AvgIpc) is 2.18. The zero-order valence-electron chi connectivity index (χ0n) is 8.12. The van der Waals surface area contributed by atoms with E-state index in [1.807, 2.05) is 0 Å². The molecule has 0 unspecified atom stereocenters. The Morgan fingerprint density at radius 3 is 2.59 bits per heavy atom. The molecule has 0 amide bonds. The maximum atomic E-state index is 11.8. The van der Waals surface area contributed by atoms with Gasteiger partial charge in [-0.1, -0.05) is 11.6 Å². The molecule has 0 aliphatic heterocycles. The minimum Gasteiger partial charge on any atom is -0.253 e. The number of alkyl halides is 3. The van der Waals surface area contributed by atoms with Crippen LogP contribution in [0.25, 0.3) is 0 Å². The van der Waals surface area contributed by atoms with Gasteiger partial charge in [0.15, 0.2) is 5.82 Å². The lowest BCUT2D eigenvalue weighted by Gasteiger charge is -2.11. The first-order chi connectivity index (χ1) is 7.70. The summed E-state index contributed by atoms with van der Waals surface area (Å²) in [4.78, 5) is 3.56. The van der Waals surface area contributed by atoms with E-state index in [0.29, 0.717) is 0 Å². The summed E-state index contributed by atoms with van der Waals surface area (Å²) in [6.45, 7) is -1.67. The summed E-state index contributed by atoms with van der Waals surface area (Å²) < 4.78 is 60.9. The molecule has 0 aliphatic rings. The van der Waals surface area contributed by atoms with Gasteiger partial charge in [-0.2, -0.15) is 26.3 Å². The Bertz CT molecular complexity index is 491. The molecule has 2 N–H and O–H groups in total. The molecule has 0 aromatic carbocycles. The van der Waals surface area contributed by atoms with Crippen LogP contribution < -0.4 is 9.44 Å². The van der Waals surface area contributed by atoms with Crippen LogP contribution in [0.1, 0.15) is 0 Å². The fraction of sp³-hybridized carbons (Fsp3) is 0.286. The zero-order valence-corrected chi connectivity index (χ0v) is 9.70. The molecule has 96 valence electrons. The van der Waals surface area contributed by atoms with Crippen LogP contribution in [0.15, 0.2) is 18.3 Å².